The molecular weight excluding hydrogens is 434 g/mol. The maximum absolute atomic E-state index is 12.9. The Labute approximate surface area is 203 Å². The molecule has 2 rings (SSSR count). The van der Waals surface area contributed by atoms with Crippen LogP contribution in [0.25, 0.3) is 0 Å². The largest absolute Gasteiger partial charge is 0.493 e. The Kier molecular flexibility index (Phi) is 10.8. The minimum atomic E-state index is -0.795. The van der Waals surface area contributed by atoms with Crippen molar-refractivity contribution in [1.82, 2.24) is 4.90 Å². The normalized spacial score (nSPS) is 12.9. The monoisotopic (exact) mass is 473 g/mol. The maximum atomic E-state index is 12.9. The van der Waals surface area contributed by atoms with Crippen LogP contribution >= 0.6 is 0 Å². The van der Waals surface area contributed by atoms with Gasteiger partial charge in [-0.25, -0.2) is 0 Å². The number of hydrogen-bond acceptors (Lipinski definition) is 7. The Bertz CT molecular complexity index is 931. The molecule has 2 aromatic rings. The molecule has 7 heteroatoms. The molecule has 0 saturated heterocycles. The number of benzene rings is 2. The Balaban J connectivity index is 2.06. The van der Waals surface area contributed by atoms with Gasteiger partial charge in [0.15, 0.2) is 11.5 Å². The quantitative estimate of drug-likeness (QED) is 0.406. The van der Waals surface area contributed by atoms with Gasteiger partial charge < -0.3 is 29.3 Å². The molecule has 0 aromatic heterocycles. The highest BCUT2D eigenvalue weighted by molar-refractivity contribution is 5.83. The van der Waals surface area contributed by atoms with Crippen molar-refractivity contribution in [3.05, 3.63) is 58.7 Å². The second-order valence-corrected chi connectivity index (χ2v) is 8.57. The van der Waals surface area contributed by atoms with Gasteiger partial charge in [0.1, 0.15) is 0 Å². The molecule has 0 spiro atoms. The van der Waals surface area contributed by atoms with Crippen LogP contribution in [0, 0.1) is 0 Å². The maximum Gasteiger partial charge on any atom is 0.316 e. The zero-order chi connectivity index (χ0) is 25.1. The van der Waals surface area contributed by atoms with Crippen molar-refractivity contribution in [2.45, 2.75) is 51.2 Å². The Morgan fingerprint density at radius 2 is 1.65 bits per heavy atom. The van der Waals surface area contributed by atoms with Crippen LogP contribution in [0.5, 0.6) is 11.5 Å². The first-order chi connectivity index (χ1) is 16.4. The summed E-state index contributed by atoms with van der Waals surface area (Å²) in [6.45, 7) is 3.33. The fourth-order valence-corrected chi connectivity index (χ4v) is 4.43. The van der Waals surface area contributed by atoms with E-state index in [0.29, 0.717) is 24.0 Å². The number of carbonyl (C=O) groups excluding carboxylic acids is 1. The third kappa shape index (κ3) is 6.50. The Morgan fingerprint density at radius 1 is 0.941 bits per heavy atom. The molecule has 188 valence electrons. The lowest BCUT2D eigenvalue weighted by molar-refractivity contribution is -0.148. The van der Waals surface area contributed by atoms with E-state index in [9.17, 15) is 15.0 Å². The van der Waals surface area contributed by atoms with Crippen LogP contribution in [-0.2, 0) is 34.6 Å². The number of ether oxygens (including phenoxy) is 3. The zero-order valence-electron chi connectivity index (χ0n) is 21.1. The average Bonchev–Trinajstić information content (AvgIpc) is 2.88. The van der Waals surface area contributed by atoms with Crippen LogP contribution in [0.3, 0.4) is 0 Å². The first kappa shape index (κ1) is 27.6. The predicted octanol–water partition coefficient (Wildman–Crippen LogP) is 3.46. The highest BCUT2D eigenvalue weighted by Crippen LogP contribution is 2.36. The van der Waals surface area contributed by atoms with Gasteiger partial charge in [-0.3, -0.25) is 4.79 Å². The van der Waals surface area contributed by atoms with Crippen LogP contribution in [0.2, 0.25) is 0 Å². The minimum absolute atomic E-state index is 0.154. The summed E-state index contributed by atoms with van der Waals surface area (Å²) in [5.74, 6) is 1.17. The number of carbonyl (C=O) groups is 1. The molecule has 0 radical (unpaired) electrons. The summed E-state index contributed by atoms with van der Waals surface area (Å²) in [7, 11) is 6.75. The van der Waals surface area contributed by atoms with Crippen molar-refractivity contribution in [1.29, 1.82) is 0 Å². The molecule has 2 N–H and O–H groups in total. The number of rotatable bonds is 14. The predicted molar refractivity (Wildman–Crippen MR) is 132 cm³/mol. The van der Waals surface area contributed by atoms with Crippen molar-refractivity contribution in [2.24, 2.45) is 0 Å². The van der Waals surface area contributed by atoms with Gasteiger partial charge in [-0.1, -0.05) is 31.2 Å². The lowest BCUT2D eigenvalue weighted by Crippen LogP contribution is -2.37. The van der Waals surface area contributed by atoms with Crippen molar-refractivity contribution in [3.63, 3.8) is 0 Å². The SMILES string of the molecule is CCC(CCCN(C)CCc1ccc(OC)c(OC)c1)(C(=O)OC)c1ccc(CO)c(CO)c1. The smallest absolute Gasteiger partial charge is 0.316 e. The molecule has 0 heterocycles. The summed E-state index contributed by atoms with van der Waals surface area (Å²) in [6, 6.07) is 11.4. The van der Waals surface area contributed by atoms with E-state index in [4.69, 9.17) is 14.2 Å². The van der Waals surface area contributed by atoms with Crippen LogP contribution in [0.15, 0.2) is 36.4 Å². The number of aliphatic hydroxyl groups is 2. The number of hydrogen-bond donors (Lipinski definition) is 2. The molecule has 2 aromatic carbocycles. The molecular formula is C27H39NO6. The molecule has 0 aliphatic heterocycles. The standard InChI is InChI=1S/C27H39NO6/c1-6-27(26(31)34-5,23-10-9-21(18-29)22(17-23)19-30)13-7-14-28(2)15-12-20-8-11-24(32-3)25(16-20)33-4/h8-11,16-17,29-30H,6-7,12-15,18-19H2,1-5H3. The van der Waals surface area contributed by atoms with Gasteiger partial charge in [0.25, 0.3) is 0 Å². The second kappa shape index (κ2) is 13.3. The molecule has 0 aliphatic rings. The molecule has 0 saturated carbocycles. The zero-order valence-corrected chi connectivity index (χ0v) is 21.1. The molecule has 7 nitrogen and oxygen atoms in total. The van der Waals surface area contributed by atoms with Gasteiger partial charge in [0.2, 0.25) is 0 Å². The Morgan fingerprint density at radius 3 is 2.24 bits per heavy atom. The van der Waals surface area contributed by atoms with Gasteiger partial charge in [-0.05, 0) is 73.7 Å². The lowest BCUT2D eigenvalue weighted by atomic mass is 9.73. The topological polar surface area (TPSA) is 88.5 Å². The van der Waals surface area contributed by atoms with Crippen molar-refractivity contribution >= 4 is 5.97 Å². The van der Waals surface area contributed by atoms with Gasteiger partial charge in [-0.2, -0.15) is 0 Å². The first-order valence-corrected chi connectivity index (χ1v) is 11.7. The van der Waals surface area contributed by atoms with Crippen LogP contribution in [-0.4, -0.2) is 62.5 Å². The van der Waals surface area contributed by atoms with Crippen molar-refractivity contribution in [3.8, 4) is 11.5 Å². The third-order valence-corrected chi connectivity index (χ3v) is 6.65. The van der Waals surface area contributed by atoms with E-state index in [2.05, 4.69) is 11.9 Å². The van der Waals surface area contributed by atoms with E-state index >= 15 is 0 Å². The molecule has 34 heavy (non-hydrogen) atoms. The van der Waals surface area contributed by atoms with Gasteiger partial charge in [0, 0.05) is 6.54 Å². The number of esters is 1. The lowest BCUT2D eigenvalue weighted by Gasteiger charge is -2.32. The fourth-order valence-electron chi connectivity index (χ4n) is 4.43. The second-order valence-electron chi connectivity index (χ2n) is 8.57. The molecule has 0 fully saturated rings. The van der Waals surface area contributed by atoms with E-state index < -0.39 is 5.41 Å². The van der Waals surface area contributed by atoms with Gasteiger partial charge >= 0.3 is 5.97 Å². The summed E-state index contributed by atoms with van der Waals surface area (Å²) in [6.07, 6.45) is 2.88. The number of methoxy groups -OCH3 is 3. The molecule has 0 aliphatic carbocycles. The van der Waals surface area contributed by atoms with Crippen LogP contribution < -0.4 is 9.47 Å². The Hall–Kier alpha value is -2.61. The first-order valence-electron chi connectivity index (χ1n) is 11.7. The van der Waals surface area contributed by atoms with Crippen LogP contribution in [0.1, 0.15) is 48.4 Å². The van der Waals surface area contributed by atoms with Crippen LogP contribution in [0.4, 0.5) is 0 Å². The minimum Gasteiger partial charge on any atom is -0.493 e. The fraction of sp³-hybridized carbons (Fsp3) is 0.519. The van der Waals surface area contributed by atoms with E-state index in [0.717, 1.165) is 43.0 Å². The van der Waals surface area contributed by atoms with Gasteiger partial charge in [-0.15, -0.1) is 0 Å². The molecule has 0 amide bonds. The molecule has 1 atom stereocenters. The molecule has 0 bridgehead atoms. The average molecular weight is 474 g/mol. The summed E-state index contributed by atoms with van der Waals surface area (Å²) < 4.78 is 15.9. The summed E-state index contributed by atoms with van der Waals surface area (Å²) >= 11 is 0. The summed E-state index contributed by atoms with van der Waals surface area (Å²) in [5.41, 5.74) is 2.49. The third-order valence-electron chi connectivity index (χ3n) is 6.65. The number of likely N-dealkylation sites (N-methyl/N-ethyl adjacent to an activating group) is 1. The number of nitrogens with zero attached hydrogens (tertiary/aromatic N) is 1. The number of aliphatic hydroxyl groups excluding tert-OH is 2. The van der Waals surface area contributed by atoms with E-state index in [-0.39, 0.29) is 19.2 Å². The summed E-state index contributed by atoms with van der Waals surface area (Å²) in [5, 5.41) is 19.2. The van der Waals surface area contributed by atoms with E-state index in [1.54, 1.807) is 20.3 Å². The van der Waals surface area contributed by atoms with E-state index in [1.165, 1.54) is 12.7 Å². The highest BCUT2D eigenvalue weighted by atomic mass is 16.5. The van der Waals surface area contributed by atoms with E-state index in [1.807, 2.05) is 37.3 Å². The molecule has 1 unspecified atom stereocenters. The summed E-state index contributed by atoms with van der Waals surface area (Å²) in [4.78, 5) is 15.2. The highest BCUT2D eigenvalue weighted by Gasteiger charge is 2.39. The van der Waals surface area contributed by atoms with Gasteiger partial charge in [0.05, 0.1) is 40.0 Å². The van der Waals surface area contributed by atoms with Crippen molar-refractivity contribution in [2.75, 3.05) is 41.5 Å². The van der Waals surface area contributed by atoms with Crippen molar-refractivity contribution < 1.29 is 29.2 Å².